The Balaban J connectivity index is 2.84. The molecular formula is C14H20O4. The normalized spacial score (nSPS) is 10.1. The van der Waals surface area contributed by atoms with E-state index in [1.54, 1.807) is 18.2 Å². The molecule has 0 saturated carbocycles. The summed E-state index contributed by atoms with van der Waals surface area (Å²) in [4.78, 5) is 10.7. The van der Waals surface area contributed by atoms with Gasteiger partial charge in [0.25, 0.3) is 0 Å². The monoisotopic (exact) mass is 252 g/mol. The van der Waals surface area contributed by atoms with Crippen LogP contribution in [0.1, 0.15) is 32.3 Å². The summed E-state index contributed by atoms with van der Waals surface area (Å²) in [5, 5.41) is 8.77. The van der Waals surface area contributed by atoms with Gasteiger partial charge in [-0.2, -0.15) is 0 Å². The molecule has 0 unspecified atom stereocenters. The Hall–Kier alpha value is -1.71. The summed E-state index contributed by atoms with van der Waals surface area (Å²) in [5.41, 5.74) is 0.720. The van der Waals surface area contributed by atoms with E-state index < -0.39 is 5.97 Å². The molecule has 0 saturated heterocycles. The lowest BCUT2D eigenvalue weighted by atomic mass is 10.1. The summed E-state index contributed by atoms with van der Waals surface area (Å²) in [6, 6.07) is 5.28. The minimum atomic E-state index is -0.848. The molecule has 0 spiro atoms. The van der Waals surface area contributed by atoms with Crippen LogP contribution in [0.4, 0.5) is 0 Å². The van der Waals surface area contributed by atoms with Crippen LogP contribution in [0.15, 0.2) is 18.2 Å². The lowest BCUT2D eigenvalue weighted by Crippen LogP contribution is -2.04. The minimum absolute atomic E-state index is 0.00343. The van der Waals surface area contributed by atoms with Crippen LogP contribution in [0.2, 0.25) is 0 Å². The van der Waals surface area contributed by atoms with Gasteiger partial charge in [0.05, 0.1) is 19.6 Å². The van der Waals surface area contributed by atoms with Crippen molar-refractivity contribution >= 4 is 5.97 Å². The number of carboxylic acids is 1. The number of benzene rings is 1. The number of rotatable bonds is 8. The molecule has 0 heterocycles. The van der Waals surface area contributed by atoms with Crippen molar-refractivity contribution < 1.29 is 19.4 Å². The van der Waals surface area contributed by atoms with E-state index in [1.165, 1.54) is 0 Å². The summed E-state index contributed by atoms with van der Waals surface area (Å²) in [6.07, 6.45) is 1.82. The molecule has 0 fully saturated rings. The largest absolute Gasteiger partial charge is 0.490 e. The van der Waals surface area contributed by atoms with Gasteiger partial charge in [-0.15, -0.1) is 0 Å². The van der Waals surface area contributed by atoms with Crippen molar-refractivity contribution in [2.45, 2.75) is 33.1 Å². The number of ether oxygens (including phenoxy) is 2. The maximum atomic E-state index is 10.7. The average Bonchev–Trinajstić information content (AvgIpc) is 2.34. The van der Waals surface area contributed by atoms with Gasteiger partial charge in [-0.05, 0) is 30.5 Å². The van der Waals surface area contributed by atoms with Gasteiger partial charge >= 0.3 is 5.97 Å². The third kappa shape index (κ3) is 4.65. The molecule has 100 valence electrons. The summed E-state index contributed by atoms with van der Waals surface area (Å²) in [6.45, 7) is 5.28. The molecule has 0 radical (unpaired) electrons. The van der Waals surface area contributed by atoms with Crippen molar-refractivity contribution in [3.05, 3.63) is 23.8 Å². The standard InChI is InChI=1S/C14H20O4/c1-3-7-17-12-6-5-11(10-14(15)16)9-13(12)18-8-4-2/h5-6,9H,3-4,7-8,10H2,1-2H3,(H,15,16). The lowest BCUT2D eigenvalue weighted by molar-refractivity contribution is -0.136. The van der Waals surface area contributed by atoms with Crippen LogP contribution in [-0.4, -0.2) is 24.3 Å². The van der Waals surface area contributed by atoms with Crippen molar-refractivity contribution in [2.75, 3.05) is 13.2 Å². The van der Waals surface area contributed by atoms with Crippen LogP contribution in [0, 0.1) is 0 Å². The summed E-state index contributed by atoms with van der Waals surface area (Å²) in [5.74, 6) is 0.460. The first-order chi connectivity index (χ1) is 8.67. The van der Waals surface area contributed by atoms with Crippen LogP contribution in [-0.2, 0) is 11.2 Å². The number of hydrogen-bond donors (Lipinski definition) is 1. The maximum Gasteiger partial charge on any atom is 0.307 e. The third-order valence-corrected chi connectivity index (χ3v) is 2.29. The van der Waals surface area contributed by atoms with Gasteiger partial charge in [-0.25, -0.2) is 0 Å². The Labute approximate surface area is 108 Å². The van der Waals surface area contributed by atoms with E-state index in [4.69, 9.17) is 14.6 Å². The van der Waals surface area contributed by atoms with Gasteiger partial charge in [-0.3, -0.25) is 4.79 Å². The zero-order valence-electron chi connectivity index (χ0n) is 10.9. The first-order valence-corrected chi connectivity index (χ1v) is 6.27. The molecule has 0 aliphatic carbocycles. The van der Waals surface area contributed by atoms with E-state index in [0.29, 0.717) is 24.7 Å². The Morgan fingerprint density at radius 2 is 1.72 bits per heavy atom. The summed E-state index contributed by atoms with van der Waals surface area (Å²) < 4.78 is 11.2. The third-order valence-electron chi connectivity index (χ3n) is 2.29. The fourth-order valence-corrected chi connectivity index (χ4v) is 1.49. The van der Waals surface area contributed by atoms with Gasteiger partial charge in [-0.1, -0.05) is 19.9 Å². The topological polar surface area (TPSA) is 55.8 Å². The van der Waals surface area contributed by atoms with E-state index >= 15 is 0 Å². The van der Waals surface area contributed by atoms with Crippen LogP contribution >= 0.6 is 0 Å². The fraction of sp³-hybridized carbons (Fsp3) is 0.500. The van der Waals surface area contributed by atoms with Gasteiger partial charge < -0.3 is 14.6 Å². The second kappa shape index (κ2) is 7.58. The number of aliphatic carboxylic acids is 1. The summed E-state index contributed by atoms with van der Waals surface area (Å²) in [7, 11) is 0. The first-order valence-electron chi connectivity index (χ1n) is 6.27. The molecule has 1 N–H and O–H groups in total. The molecule has 0 amide bonds. The molecule has 4 nitrogen and oxygen atoms in total. The van der Waals surface area contributed by atoms with Crippen molar-refractivity contribution in [1.29, 1.82) is 0 Å². The molecule has 0 aromatic heterocycles. The Bertz CT molecular complexity index is 387. The molecule has 1 aromatic carbocycles. The molecule has 4 heteroatoms. The van der Waals surface area contributed by atoms with Crippen molar-refractivity contribution in [1.82, 2.24) is 0 Å². The van der Waals surface area contributed by atoms with E-state index in [0.717, 1.165) is 18.4 Å². The zero-order valence-corrected chi connectivity index (χ0v) is 10.9. The molecule has 1 aromatic rings. The highest BCUT2D eigenvalue weighted by Crippen LogP contribution is 2.29. The highest BCUT2D eigenvalue weighted by molar-refractivity contribution is 5.70. The molecule has 0 bridgehead atoms. The van der Waals surface area contributed by atoms with Gasteiger partial charge in [0.15, 0.2) is 11.5 Å². The second-order valence-corrected chi connectivity index (χ2v) is 4.05. The quantitative estimate of drug-likeness (QED) is 0.773. The van der Waals surface area contributed by atoms with Gasteiger partial charge in [0.2, 0.25) is 0 Å². The van der Waals surface area contributed by atoms with Gasteiger partial charge in [0, 0.05) is 0 Å². The smallest absolute Gasteiger partial charge is 0.307 e. The van der Waals surface area contributed by atoms with Crippen molar-refractivity contribution in [3.63, 3.8) is 0 Å². The predicted molar refractivity (Wildman–Crippen MR) is 69.4 cm³/mol. The molecule has 0 aliphatic heterocycles. The van der Waals surface area contributed by atoms with E-state index in [1.807, 2.05) is 13.8 Å². The van der Waals surface area contributed by atoms with E-state index in [9.17, 15) is 4.79 Å². The SMILES string of the molecule is CCCOc1ccc(CC(=O)O)cc1OCCC. The minimum Gasteiger partial charge on any atom is -0.490 e. The number of carbonyl (C=O) groups is 1. The van der Waals surface area contributed by atoms with Gasteiger partial charge in [0.1, 0.15) is 0 Å². The first kappa shape index (κ1) is 14.4. The highest BCUT2D eigenvalue weighted by atomic mass is 16.5. The second-order valence-electron chi connectivity index (χ2n) is 4.05. The lowest BCUT2D eigenvalue weighted by Gasteiger charge is -2.13. The Morgan fingerprint density at radius 1 is 1.11 bits per heavy atom. The summed E-state index contributed by atoms with van der Waals surface area (Å²) >= 11 is 0. The highest BCUT2D eigenvalue weighted by Gasteiger charge is 2.08. The van der Waals surface area contributed by atoms with Crippen molar-refractivity contribution in [3.8, 4) is 11.5 Å². The fourth-order valence-electron chi connectivity index (χ4n) is 1.49. The number of carboxylic acid groups (broad SMARTS) is 1. The molecule has 0 atom stereocenters. The molecular weight excluding hydrogens is 232 g/mol. The number of hydrogen-bond acceptors (Lipinski definition) is 3. The van der Waals surface area contributed by atoms with Crippen LogP contribution in [0.3, 0.4) is 0 Å². The van der Waals surface area contributed by atoms with Crippen LogP contribution in [0.5, 0.6) is 11.5 Å². The Kier molecular flexibility index (Phi) is 6.05. The molecule has 0 aliphatic rings. The maximum absolute atomic E-state index is 10.7. The zero-order chi connectivity index (χ0) is 13.4. The van der Waals surface area contributed by atoms with Crippen molar-refractivity contribution in [2.24, 2.45) is 0 Å². The Morgan fingerprint density at radius 3 is 2.28 bits per heavy atom. The predicted octanol–water partition coefficient (Wildman–Crippen LogP) is 2.89. The molecule has 1 rings (SSSR count). The van der Waals surface area contributed by atoms with Crippen LogP contribution in [0.25, 0.3) is 0 Å². The average molecular weight is 252 g/mol. The van der Waals surface area contributed by atoms with Crippen LogP contribution < -0.4 is 9.47 Å². The molecule has 18 heavy (non-hydrogen) atoms. The van der Waals surface area contributed by atoms with E-state index in [-0.39, 0.29) is 6.42 Å². The van der Waals surface area contributed by atoms with E-state index in [2.05, 4.69) is 0 Å².